The molecule has 1 aliphatic heterocycles. The van der Waals surface area contributed by atoms with Crippen LogP contribution >= 0.6 is 0 Å². The number of ether oxygens (including phenoxy) is 4. The number of methoxy groups -OCH3 is 2. The Kier molecular flexibility index (Phi) is 14.4. The molecule has 0 saturated heterocycles. The van der Waals surface area contributed by atoms with Gasteiger partial charge >= 0.3 is 17.9 Å². The van der Waals surface area contributed by atoms with Crippen LogP contribution in [0.25, 0.3) is 33.4 Å². The standard InChI is InChI=1S/C46H45N5O13S/c1-27(52)23-50(24-28(2)53)37-18-14-30(22-40(37)63-20-19-62-38-12-8-7-11-36(38)51(25-41(54)60-3)26-42(55)61-4)49-65(58,59)45-35(48)17-16-34-43(31-9-5-6-10-32(31)46(56)57)33-15-13-29(47)21-39(33)64-44(34)45/h5-18,21-22,48-49H,19-20,23-26,47H2,1-4H3,(H,56,57). The number of para-hydroxylation sites is 2. The highest BCUT2D eigenvalue weighted by Gasteiger charge is 2.30. The molecule has 1 heterocycles. The number of sulfonamides is 1. The number of esters is 2. The molecule has 0 amide bonds. The monoisotopic (exact) mass is 907 g/mol. The van der Waals surface area contributed by atoms with E-state index < -0.39 is 38.2 Å². The van der Waals surface area contributed by atoms with Crippen LogP contribution in [0.5, 0.6) is 11.5 Å². The average Bonchev–Trinajstić information content (AvgIpc) is 3.26. The Morgan fingerprint density at radius 1 is 0.723 bits per heavy atom. The van der Waals surface area contributed by atoms with E-state index in [1.165, 1.54) is 80.3 Å². The molecule has 0 fully saturated rings. The quantitative estimate of drug-likeness (QED) is 0.0325. The maximum atomic E-state index is 14.5. The Balaban J connectivity index is 1.37. The van der Waals surface area contributed by atoms with Crippen molar-refractivity contribution in [2.24, 2.45) is 0 Å². The largest absolute Gasteiger partial charge is 0.488 e. The predicted molar refractivity (Wildman–Crippen MR) is 240 cm³/mol. The number of carbonyl (C=O) groups excluding carboxylic acids is 4. The normalized spacial score (nSPS) is 11.1. The van der Waals surface area contributed by atoms with Gasteiger partial charge in [0.05, 0.1) is 55.3 Å². The van der Waals surface area contributed by atoms with Crippen LogP contribution in [-0.2, 0) is 38.7 Å². The zero-order chi connectivity index (χ0) is 47.0. The third kappa shape index (κ3) is 10.8. The molecule has 4 aromatic carbocycles. The van der Waals surface area contributed by atoms with E-state index in [9.17, 15) is 37.5 Å². The molecule has 0 bridgehead atoms. The maximum Gasteiger partial charge on any atom is 0.336 e. The van der Waals surface area contributed by atoms with Gasteiger partial charge in [0.15, 0.2) is 10.7 Å². The molecule has 0 spiro atoms. The molecule has 4 aromatic rings. The first kappa shape index (κ1) is 46.6. The number of hydrogen-bond donors (Lipinski definition) is 4. The van der Waals surface area contributed by atoms with Gasteiger partial charge in [-0.25, -0.2) is 13.2 Å². The molecule has 2 aliphatic rings. The van der Waals surface area contributed by atoms with E-state index in [2.05, 4.69) is 4.72 Å². The highest BCUT2D eigenvalue weighted by atomic mass is 32.2. The fourth-order valence-electron chi connectivity index (χ4n) is 7.13. The van der Waals surface area contributed by atoms with Crippen LogP contribution in [0.1, 0.15) is 24.2 Å². The van der Waals surface area contributed by atoms with Gasteiger partial charge in [-0.15, -0.1) is 0 Å². The van der Waals surface area contributed by atoms with Crippen LogP contribution in [0, 0.1) is 5.41 Å². The summed E-state index contributed by atoms with van der Waals surface area (Å²) in [6.07, 6.45) is 0. The summed E-state index contributed by atoms with van der Waals surface area (Å²) in [5.41, 5.74) is 7.90. The summed E-state index contributed by atoms with van der Waals surface area (Å²) in [5.74, 6) is -2.91. The second-order valence-electron chi connectivity index (χ2n) is 14.6. The van der Waals surface area contributed by atoms with E-state index in [1.807, 2.05) is 0 Å². The number of anilines is 4. The van der Waals surface area contributed by atoms with Crippen molar-refractivity contribution in [3.05, 3.63) is 108 Å². The van der Waals surface area contributed by atoms with Crippen LogP contribution in [-0.4, -0.2) is 96.6 Å². The minimum Gasteiger partial charge on any atom is -0.488 e. The number of aromatic carboxylic acids is 1. The SMILES string of the molecule is COC(=O)CN(CC(=O)OC)c1ccccc1OCCOc1cc(NS(=O)(=O)c2c3oc4cc(N)ccc4c(-c4ccccc4C(=O)O)c-3ccc2=N)ccc1N(CC(C)=O)CC(C)=O. The van der Waals surface area contributed by atoms with Crippen molar-refractivity contribution < 1.29 is 60.9 Å². The predicted octanol–water partition coefficient (Wildman–Crippen LogP) is 5.36. The third-order valence-electron chi connectivity index (χ3n) is 9.84. The van der Waals surface area contributed by atoms with Gasteiger partial charge in [0.25, 0.3) is 10.0 Å². The fraction of sp³-hybridized carbons (Fsp3) is 0.217. The number of carboxylic acids is 1. The zero-order valence-electron chi connectivity index (χ0n) is 35.7. The van der Waals surface area contributed by atoms with Crippen molar-refractivity contribution in [2.75, 3.05) is 73.9 Å². The van der Waals surface area contributed by atoms with Crippen LogP contribution < -0.4 is 35.1 Å². The molecular weight excluding hydrogens is 863 g/mol. The Bertz CT molecular complexity index is 2920. The summed E-state index contributed by atoms with van der Waals surface area (Å²) in [6.45, 7) is 1.44. The fourth-order valence-corrected chi connectivity index (χ4v) is 8.42. The molecule has 0 atom stereocenters. The van der Waals surface area contributed by atoms with Crippen molar-refractivity contribution in [3.8, 4) is 33.9 Å². The molecule has 1 aliphatic carbocycles. The Morgan fingerprint density at radius 3 is 1.97 bits per heavy atom. The number of fused-ring (bicyclic) bond motifs is 2. The molecule has 0 aromatic heterocycles. The highest BCUT2D eigenvalue weighted by molar-refractivity contribution is 7.92. The lowest BCUT2D eigenvalue weighted by molar-refractivity contribution is -0.140. The lowest BCUT2D eigenvalue weighted by Gasteiger charge is -2.26. The van der Waals surface area contributed by atoms with Gasteiger partial charge < -0.3 is 44.0 Å². The Hall–Kier alpha value is -7.93. The molecule has 65 heavy (non-hydrogen) atoms. The first-order chi connectivity index (χ1) is 31.0. The number of hydrogen-bond acceptors (Lipinski definition) is 16. The van der Waals surface area contributed by atoms with Crippen molar-refractivity contribution in [2.45, 2.75) is 18.7 Å². The number of rotatable bonds is 20. The van der Waals surface area contributed by atoms with E-state index in [0.717, 1.165) is 0 Å². The van der Waals surface area contributed by atoms with Crippen molar-refractivity contribution in [3.63, 3.8) is 0 Å². The van der Waals surface area contributed by atoms with E-state index in [4.69, 9.17) is 34.5 Å². The van der Waals surface area contributed by atoms with Gasteiger partial charge in [0.2, 0.25) is 0 Å². The van der Waals surface area contributed by atoms with Gasteiger partial charge in [-0.05, 0) is 74.0 Å². The second kappa shape index (κ2) is 20.1. The van der Waals surface area contributed by atoms with Gasteiger partial charge in [0, 0.05) is 34.3 Å². The number of nitrogen functional groups attached to an aromatic ring is 1. The number of ketones is 2. The van der Waals surface area contributed by atoms with Crippen LogP contribution in [0.15, 0.2) is 106 Å². The number of carbonyl (C=O) groups is 5. The summed E-state index contributed by atoms with van der Waals surface area (Å²) < 4.78 is 59.6. The molecule has 6 rings (SSSR count). The van der Waals surface area contributed by atoms with Gasteiger partial charge in [0.1, 0.15) is 55.0 Å². The number of Topliss-reactive ketones (excluding diaryl/α,β-unsaturated/α-hetero) is 2. The summed E-state index contributed by atoms with van der Waals surface area (Å²) in [5, 5.41) is 19.0. The van der Waals surface area contributed by atoms with Gasteiger partial charge in [-0.3, -0.25) is 29.3 Å². The zero-order valence-corrected chi connectivity index (χ0v) is 36.5. The third-order valence-corrected chi connectivity index (χ3v) is 11.3. The summed E-state index contributed by atoms with van der Waals surface area (Å²) in [6, 6.07) is 24.5. The summed E-state index contributed by atoms with van der Waals surface area (Å²) in [4.78, 5) is 64.0. The van der Waals surface area contributed by atoms with Crippen LogP contribution in [0.2, 0.25) is 0 Å². The first-order valence-electron chi connectivity index (χ1n) is 19.8. The average molecular weight is 908 g/mol. The Morgan fingerprint density at radius 2 is 1.32 bits per heavy atom. The van der Waals surface area contributed by atoms with E-state index in [1.54, 1.807) is 54.6 Å². The van der Waals surface area contributed by atoms with Crippen molar-refractivity contribution in [1.82, 2.24) is 0 Å². The minimum absolute atomic E-state index is 0.0419. The molecule has 18 nitrogen and oxygen atoms in total. The topological polar surface area (TPSA) is 258 Å². The number of nitrogens with one attached hydrogen (secondary N) is 2. The number of carboxylic acid groups (broad SMARTS) is 1. The highest BCUT2D eigenvalue weighted by Crippen LogP contribution is 2.44. The van der Waals surface area contributed by atoms with Gasteiger partial charge in [-0.2, -0.15) is 0 Å². The van der Waals surface area contributed by atoms with E-state index in [0.29, 0.717) is 16.6 Å². The summed E-state index contributed by atoms with van der Waals surface area (Å²) in [7, 11) is -2.28. The lowest BCUT2D eigenvalue weighted by atomic mass is 9.90. The molecule has 5 N–H and O–H groups in total. The van der Waals surface area contributed by atoms with Crippen molar-refractivity contribution >= 4 is 73.2 Å². The number of benzene rings is 5. The Labute approximate surface area is 373 Å². The molecule has 0 saturated carbocycles. The number of nitrogens with zero attached hydrogens (tertiary/aromatic N) is 2. The molecule has 19 heteroatoms. The second-order valence-corrected chi connectivity index (χ2v) is 16.2. The summed E-state index contributed by atoms with van der Waals surface area (Å²) >= 11 is 0. The molecule has 0 radical (unpaired) electrons. The maximum absolute atomic E-state index is 14.5. The first-order valence-corrected chi connectivity index (χ1v) is 21.3. The molecule has 0 unspecified atom stereocenters. The minimum atomic E-state index is -4.71. The van der Waals surface area contributed by atoms with E-state index >= 15 is 0 Å². The number of nitrogens with two attached hydrogens (primary N) is 1. The molecule has 338 valence electrons. The molecular formula is C46H45N5O13S. The smallest absolute Gasteiger partial charge is 0.336 e. The van der Waals surface area contributed by atoms with Gasteiger partial charge in [-0.1, -0.05) is 30.3 Å². The lowest BCUT2D eigenvalue weighted by Crippen LogP contribution is -2.36. The van der Waals surface area contributed by atoms with Crippen molar-refractivity contribution in [1.29, 1.82) is 5.41 Å². The van der Waals surface area contributed by atoms with Crippen LogP contribution in [0.4, 0.5) is 22.7 Å². The van der Waals surface area contributed by atoms with E-state index in [-0.39, 0.29) is 108 Å². The van der Waals surface area contributed by atoms with Crippen LogP contribution in [0.3, 0.4) is 0 Å².